The zero-order chi connectivity index (χ0) is 26.9. The first-order valence-corrected chi connectivity index (χ1v) is 13.1. The Balaban J connectivity index is 0.00000400. The number of carboxylic acids is 1. The van der Waals surface area contributed by atoms with Gasteiger partial charge < -0.3 is 14.6 Å². The van der Waals surface area contributed by atoms with E-state index in [0.29, 0.717) is 35.7 Å². The third-order valence-electron chi connectivity index (χ3n) is 6.25. The number of ether oxygens (including phenoxy) is 1. The SMILES string of the molecule is Cc1cc(C(=O)[O-])ccc1COc1cc2c(cc1N(CC(C)F)S(=O)(=O)c1cc(F)cc(F)c1)CCC2.[Na+]. The summed E-state index contributed by atoms with van der Waals surface area (Å²) in [7, 11) is -4.58. The van der Waals surface area contributed by atoms with Crippen molar-refractivity contribution in [2.24, 2.45) is 0 Å². The Kier molecular flexibility index (Phi) is 9.57. The normalized spacial score (nSPS) is 13.4. The van der Waals surface area contributed by atoms with E-state index in [9.17, 15) is 31.5 Å². The fraction of sp³-hybridized carbons (Fsp3) is 0.296. The van der Waals surface area contributed by atoms with Crippen molar-refractivity contribution in [1.82, 2.24) is 0 Å². The van der Waals surface area contributed by atoms with Crippen LogP contribution in [-0.4, -0.2) is 27.1 Å². The van der Waals surface area contributed by atoms with Crippen LogP contribution < -0.4 is 43.7 Å². The Morgan fingerprint density at radius 2 is 1.68 bits per heavy atom. The van der Waals surface area contributed by atoms with E-state index in [1.54, 1.807) is 25.1 Å². The topological polar surface area (TPSA) is 86.7 Å². The zero-order valence-electron chi connectivity index (χ0n) is 21.3. The van der Waals surface area contributed by atoms with Crippen molar-refractivity contribution in [1.29, 1.82) is 0 Å². The van der Waals surface area contributed by atoms with Crippen LogP contribution in [-0.2, 0) is 29.5 Å². The van der Waals surface area contributed by atoms with Crippen LogP contribution in [0.3, 0.4) is 0 Å². The van der Waals surface area contributed by atoms with Gasteiger partial charge in [0, 0.05) is 6.07 Å². The summed E-state index contributed by atoms with van der Waals surface area (Å²) in [5, 5.41) is 11.1. The minimum absolute atomic E-state index is 0. The number of aromatic carboxylic acids is 1. The third-order valence-corrected chi connectivity index (χ3v) is 8.00. The molecule has 0 saturated carbocycles. The van der Waals surface area contributed by atoms with Gasteiger partial charge in [-0.25, -0.2) is 21.6 Å². The van der Waals surface area contributed by atoms with Crippen molar-refractivity contribution in [3.63, 3.8) is 0 Å². The minimum atomic E-state index is -4.58. The number of carboxylic acid groups (broad SMARTS) is 1. The molecule has 6 nitrogen and oxygen atoms in total. The van der Waals surface area contributed by atoms with Gasteiger partial charge >= 0.3 is 29.6 Å². The first kappa shape index (κ1) is 30.0. The molecule has 1 aliphatic rings. The summed E-state index contributed by atoms with van der Waals surface area (Å²) in [5.74, 6) is -3.31. The molecule has 1 atom stereocenters. The van der Waals surface area contributed by atoms with Gasteiger partial charge in [-0.2, -0.15) is 0 Å². The molecule has 1 aliphatic carbocycles. The van der Waals surface area contributed by atoms with Gasteiger partial charge in [-0.15, -0.1) is 0 Å². The molecule has 196 valence electrons. The average molecular weight is 556 g/mol. The molecule has 3 aromatic carbocycles. The molecule has 11 heteroatoms. The molecule has 0 aliphatic heterocycles. The summed E-state index contributed by atoms with van der Waals surface area (Å²) < 4.78 is 76.1. The van der Waals surface area contributed by atoms with E-state index in [-0.39, 0.29) is 53.2 Å². The predicted octanol–water partition coefficient (Wildman–Crippen LogP) is 1.26. The van der Waals surface area contributed by atoms with Crippen molar-refractivity contribution in [2.75, 3.05) is 10.8 Å². The maximum atomic E-state index is 14.3. The Morgan fingerprint density at radius 3 is 2.26 bits per heavy atom. The number of carbonyl (C=O) groups excluding carboxylic acids is 1. The van der Waals surface area contributed by atoms with Crippen molar-refractivity contribution < 1.29 is 65.8 Å². The zero-order valence-corrected chi connectivity index (χ0v) is 24.1. The Bertz CT molecular complexity index is 1440. The summed E-state index contributed by atoms with van der Waals surface area (Å²) in [5.41, 5.74) is 3.19. The van der Waals surface area contributed by atoms with E-state index in [2.05, 4.69) is 0 Å². The van der Waals surface area contributed by atoms with Crippen LogP contribution in [0.25, 0.3) is 0 Å². The number of benzene rings is 3. The van der Waals surface area contributed by atoms with Crippen molar-refractivity contribution in [2.45, 2.75) is 50.8 Å². The largest absolute Gasteiger partial charge is 1.00 e. The number of halogens is 3. The molecule has 1 unspecified atom stereocenters. The summed E-state index contributed by atoms with van der Waals surface area (Å²) >= 11 is 0. The summed E-state index contributed by atoms with van der Waals surface area (Å²) in [6, 6.07) is 9.65. The van der Waals surface area contributed by atoms with Crippen LogP contribution in [0.1, 0.15) is 46.0 Å². The molecule has 0 bridgehead atoms. The molecular formula is C27H25F3NNaO5S. The number of carbonyl (C=O) groups is 1. The Morgan fingerprint density at radius 1 is 1.05 bits per heavy atom. The first-order chi connectivity index (χ1) is 17.5. The molecule has 3 aromatic rings. The average Bonchev–Trinajstić information content (AvgIpc) is 3.27. The maximum absolute atomic E-state index is 14.3. The first-order valence-electron chi connectivity index (χ1n) is 11.7. The van der Waals surface area contributed by atoms with Crippen LogP contribution in [0.2, 0.25) is 0 Å². The second kappa shape index (κ2) is 12.1. The van der Waals surface area contributed by atoms with Crippen molar-refractivity contribution in [3.05, 3.63) is 88.0 Å². The number of alkyl halides is 1. The van der Waals surface area contributed by atoms with E-state index in [0.717, 1.165) is 28.3 Å². The molecular weight excluding hydrogens is 530 g/mol. The summed E-state index contributed by atoms with van der Waals surface area (Å²) in [4.78, 5) is 10.5. The van der Waals surface area contributed by atoms with E-state index in [4.69, 9.17) is 4.74 Å². The van der Waals surface area contributed by atoms with E-state index in [1.807, 2.05) is 0 Å². The van der Waals surface area contributed by atoms with Crippen LogP contribution in [0.4, 0.5) is 18.9 Å². The van der Waals surface area contributed by atoms with Crippen LogP contribution >= 0.6 is 0 Å². The molecule has 0 heterocycles. The van der Waals surface area contributed by atoms with Gasteiger partial charge in [-0.1, -0.05) is 12.1 Å². The van der Waals surface area contributed by atoms with E-state index >= 15 is 0 Å². The van der Waals surface area contributed by atoms with Gasteiger partial charge in [0.2, 0.25) is 0 Å². The van der Waals surface area contributed by atoms with Gasteiger partial charge in [0.15, 0.2) is 0 Å². The van der Waals surface area contributed by atoms with Gasteiger partial charge in [0.05, 0.1) is 23.1 Å². The summed E-state index contributed by atoms with van der Waals surface area (Å²) in [6.45, 7) is 2.26. The van der Waals surface area contributed by atoms with E-state index < -0.39 is 45.2 Å². The molecule has 0 saturated heterocycles. The van der Waals surface area contributed by atoms with Crippen LogP contribution in [0.15, 0.2) is 53.4 Å². The molecule has 0 N–H and O–H groups in total. The number of fused-ring (bicyclic) bond motifs is 1. The maximum Gasteiger partial charge on any atom is 1.00 e. The number of rotatable bonds is 9. The third kappa shape index (κ3) is 6.54. The molecule has 4 rings (SSSR count). The number of anilines is 1. The number of aryl methyl sites for hydroxylation is 3. The fourth-order valence-corrected chi connectivity index (χ4v) is 5.98. The second-order valence-corrected chi connectivity index (χ2v) is 10.9. The number of sulfonamides is 1. The van der Waals surface area contributed by atoms with Gasteiger partial charge in [-0.05, 0) is 91.3 Å². The van der Waals surface area contributed by atoms with Crippen molar-refractivity contribution in [3.8, 4) is 5.75 Å². The Hall–Kier alpha value is -2.53. The standard InChI is InChI=1S/C27H26F3NO5S.Na/c1-16-8-20(27(32)33)6-7-21(16)15-36-26-10-19-5-3-4-18(19)9-25(26)31(14-17(2)28)37(34,35)24-12-22(29)11-23(30)13-24;/h6-13,17H,3-5,14-15H2,1-2H3,(H,32,33);/q;+1/p-1. The summed E-state index contributed by atoms with van der Waals surface area (Å²) in [6.07, 6.45) is 0.699. The molecule has 0 aromatic heterocycles. The van der Waals surface area contributed by atoms with Gasteiger partial charge in [0.25, 0.3) is 10.0 Å². The quantitative estimate of drug-likeness (QED) is 0.371. The Labute approximate surface area is 241 Å². The number of hydrogen-bond donors (Lipinski definition) is 0. The number of nitrogens with zero attached hydrogens (tertiary/aromatic N) is 1. The predicted molar refractivity (Wildman–Crippen MR) is 130 cm³/mol. The molecule has 38 heavy (non-hydrogen) atoms. The van der Waals surface area contributed by atoms with Crippen LogP contribution in [0, 0.1) is 18.6 Å². The number of hydrogen-bond acceptors (Lipinski definition) is 5. The molecule has 0 fully saturated rings. The minimum Gasteiger partial charge on any atom is -0.545 e. The van der Waals surface area contributed by atoms with Gasteiger partial charge in [-0.3, -0.25) is 4.31 Å². The second-order valence-electron chi connectivity index (χ2n) is 9.08. The molecule has 0 amide bonds. The smallest absolute Gasteiger partial charge is 0.545 e. The molecule has 0 radical (unpaired) electrons. The molecule has 0 spiro atoms. The van der Waals surface area contributed by atoms with E-state index in [1.165, 1.54) is 19.1 Å². The van der Waals surface area contributed by atoms with Crippen molar-refractivity contribution >= 4 is 21.7 Å². The monoisotopic (exact) mass is 555 g/mol. The fourth-order valence-electron chi connectivity index (χ4n) is 4.40. The van der Waals surface area contributed by atoms with Crippen LogP contribution in [0.5, 0.6) is 5.75 Å². The van der Waals surface area contributed by atoms with Gasteiger partial charge in [0.1, 0.15) is 30.2 Å².